The van der Waals surface area contributed by atoms with Gasteiger partial charge in [-0.15, -0.1) is 0 Å². The third-order valence-electron chi connectivity index (χ3n) is 2.94. The molecule has 1 aromatic rings. The average Bonchev–Trinajstić information content (AvgIpc) is 2.50. The summed E-state index contributed by atoms with van der Waals surface area (Å²) in [5, 5.41) is 0. The van der Waals surface area contributed by atoms with Gasteiger partial charge in [0.25, 0.3) is 0 Å². The van der Waals surface area contributed by atoms with E-state index in [4.69, 9.17) is 5.73 Å². The van der Waals surface area contributed by atoms with Gasteiger partial charge in [-0.05, 0) is 18.8 Å². The Balaban J connectivity index is 2.27. The van der Waals surface area contributed by atoms with E-state index < -0.39 is 0 Å². The van der Waals surface area contributed by atoms with Gasteiger partial charge in [-0.25, -0.2) is 4.98 Å². The van der Waals surface area contributed by atoms with Gasteiger partial charge in [-0.2, -0.15) is 4.98 Å². The molecule has 1 saturated heterocycles. The maximum absolute atomic E-state index is 5.61. The summed E-state index contributed by atoms with van der Waals surface area (Å²) < 4.78 is 0. The van der Waals surface area contributed by atoms with E-state index in [9.17, 15) is 0 Å². The standard InChI is InChI=1S/C11H18N4/c1-8-6-13-10(12)14-9(8)15-5-4-11(2,3)7-15/h6H,4-5,7H2,1-3H3,(H2,12,13,14). The summed E-state index contributed by atoms with van der Waals surface area (Å²) in [6, 6.07) is 0. The molecule has 0 radical (unpaired) electrons. The van der Waals surface area contributed by atoms with Crippen molar-refractivity contribution in [2.45, 2.75) is 27.2 Å². The summed E-state index contributed by atoms with van der Waals surface area (Å²) in [6.45, 7) is 8.70. The van der Waals surface area contributed by atoms with Gasteiger partial charge in [0, 0.05) is 24.8 Å². The van der Waals surface area contributed by atoms with Crippen LogP contribution in [-0.4, -0.2) is 23.1 Å². The zero-order valence-corrected chi connectivity index (χ0v) is 9.62. The second-order valence-corrected chi connectivity index (χ2v) is 5.07. The van der Waals surface area contributed by atoms with Gasteiger partial charge in [-0.1, -0.05) is 13.8 Å². The largest absolute Gasteiger partial charge is 0.368 e. The SMILES string of the molecule is Cc1cnc(N)nc1N1CCC(C)(C)C1. The zero-order chi connectivity index (χ0) is 11.1. The predicted octanol–water partition coefficient (Wildman–Crippen LogP) is 1.60. The van der Waals surface area contributed by atoms with E-state index in [1.165, 1.54) is 6.42 Å². The molecule has 0 bridgehead atoms. The fourth-order valence-electron chi connectivity index (χ4n) is 2.06. The third-order valence-corrected chi connectivity index (χ3v) is 2.94. The molecule has 0 saturated carbocycles. The van der Waals surface area contributed by atoms with Crippen LogP contribution >= 0.6 is 0 Å². The molecule has 1 fully saturated rings. The number of hydrogen-bond acceptors (Lipinski definition) is 4. The summed E-state index contributed by atoms with van der Waals surface area (Å²) in [4.78, 5) is 10.6. The summed E-state index contributed by atoms with van der Waals surface area (Å²) >= 11 is 0. The molecule has 1 aromatic heterocycles. The Kier molecular flexibility index (Phi) is 2.29. The van der Waals surface area contributed by atoms with Crippen molar-refractivity contribution in [3.63, 3.8) is 0 Å². The van der Waals surface area contributed by atoms with Crippen LogP contribution in [0.2, 0.25) is 0 Å². The Labute approximate surface area is 90.5 Å². The Bertz CT molecular complexity index is 373. The molecule has 0 aromatic carbocycles. The minimum absolute atomic E-state index is 0.361. The molecule has 1 aliphatic heterocycles. The lowest BCUT2D eigenvalue weighted by Crippen LogP contribution is -2.24. The summed E-state index contributed by atoms with van der Waals surface area (Å²) in [7, 11) is 0. The molecule has 2 rings (SSSR count). The molecule has 1 aliphatic rings. The molecule has 4 nitrogen and oxygen atoms in total. The number of rotatable bonds is 1. The Morgan fingerprint density at radius 2 is 2.20 bits per heavy atom. The van der Waals surface area contributed by atoms with E-state index in [2.05, 4.69) is 28.7 Å². The quantitative estimate of drug-likeness (QED) is 0.758. The van der Waals surface area contributed by atoms with E-state index in [1.54, 1.807) is 6.20 Å². The highest BCUT2D eigenvalue weighted by molar-refractivity contribution is 5.49. The maximum Gasteiger partial charge on any atom is 0.221 e. The highest BCUT2D eigenvalue weighted by Crippen LogP contribution is 2.32. The first-order valence-electron chi connectivity index (χ1n) is 5.32. The molecule has 0 atom stereocenters. The van der Waals surface area contributed by atoms with Crippen LogP contribution < -0.4 is 10.6 Å². The first-order chi connectivity index (χ1) is 6.98. The van der Waals surface area contributed by atoms with Gasteiger partial charge < -0.3 is 10.6 Å². The molecular weight excluding hydrogens is 188 g/mol. The van der Waals surface area contributed by atoms with Crippen molar-refractivity contribution in [1.29, 1.82) is 0 Å². The molecule has 15 heavy (non-hydrogen) atoms. The van der Waals surface area contributed by atoms with Crippen LogP contribution in [0.5, 0.6) is 0 Å². The van der Waals surface area contributed by atoms with E-state index in [-0.39, 0.29) is 0 Å². The first kappa shape index (κ1) is 10.2. The van der Waals surface area contributed by atoms with Crippen LogP contribution in [0.4, 0.5) is 11.8 Å². The number of hydrogen-bond donors (Lipinski definition) is 1. The maximum atomic E-state index is 5.61. The zero-order valence-electron chi connectivity index (χ0n) is 9.62. The van der Waals surface area contributed by atoms with Gasteiger partial charge in [0.2, 0.25) is 5.95 Å². The lowest BCUT2D eigenvalue weighted by Gasteiger charge is -2.22. The molecular formula is C11H18N4. The molecule has 2 N–H and O–H groups in total. The Hall–Kier alpha value is -1.32. The van der Waals surface area contributed by atoms with Crippen molar-refractivity contribution in [3.05, 3.63) is 11.8 Å². The lowest BCUT2D eigenvalue weighted by atomic mass is 9.93. The van der Waals surface area contributed by atoms with E-state index in [0.717, 1.165) is 24.5 Å². The predicted molar refractivity (Wildman–Crippen MR) is 61.8 cm³/mol. The number of nitrogens with zero attached hydrogens (tertiary/aromatic N) is 3. The second kappa shape index (κ2) is 3.36. The highest BCUT2D eigenvalue weighted by atomic mass is 15.2. The van der Waals surface area contributed by atoms with E-state index in [0.29, 0.717) is 11.4 Å². The monoisotopic (exact) mass is 206 g/mol. The third kappa shape index (κ3) is 2.03. The van der Waals surface area contributed by atoms with Crippen LogP contribution in [-0.2, 0) is 0 Å². The van der Waals surface area contributed by atoms with Crippen molar-refractivity contribution < 1.29 is 0 Å². The summed E-state index contributed by atoms with van der Waals surface area (Å²) in [6.07, 6.45) is 3.00. The minimum Gasteiger partial charge on any atom is -0.368 e. The molecule has 0 aliphatic carbocycles. The normalized spacial score (nSPS) is 19.5. The summed E-state index contributed by atoms with van der Waals surface area (Å²) in [5.41, 5.74) is 7.09. The Morgan fingerprint density at radius 3 is 2.80 bits per heavy atom. The van der Waals surface area contributed by atoms with Crippen molar-refractivity contribution in [3.8, 4) is 0 Å². The van der Waals surface area contributed by atoms with Gasteiger partial charge >= 0.3 is 0 Å². The van der Waals surface area contributed by atoms with Gasteiger partial charge in [0.1, 0.15) is 5.82 Å². The van der Waals surface area contributed by atoms with Crippen molar-refractivity contribution in [2.75, 3.05) is 23.7 Å². The molecule has 2 heterocycles. The molecule has 4 heteroatoms. The van der Waals surface area contributed by atoms with Crippen molar-refractivity contribution >= 4 is 11.8 Å². The van der Waals surface area contributed by atoms with Crippen LogP contribution in [0.15, 0.2) is 6.20 Å². The average molecular weight is 206 g/mol. The van der Waals surface area contributed by atoms with Crippen LogP contribution in [0, 0.1) is 12.3 Å². The van der Waals surface area contributed by atoms with Crippen molar-refractivity contribution in [2.24, 2.45) is 5.41 Å². The molecule has 0 spiro atoms. The topological polar surface area (TPSA) is 55.0 Å². The van der Waals surface area contributed by atoms with Crippen LogP contribution in [0.1, 0.15) is 25.8 Å². The fourth-order valence-corrected chi connectivity index (χ4v) is 2.06. The second-order valence-electron chi connectivity index (χ2n) is 5.07. The van der Waals surface area contributed by atoms with E-state index >= 15 is 0 Å². The first-order valence-corrected chi connectivity index (χ1v) is 5.32. The van der Waals surface area contributed by atoms with Crippen LogP contribution in [0.3, 0.4) is 0 Å². The van der Waals surface area contributed by atoms with Gasteiger partial charge in [0.15, 0.2) is 0 Å². The minimum atomic E-state index is 0.361. The van der Waals surface area contributed by atoms with E-state index in [1.807, 2.05) is 6.92 Å². The smallest absolute Gasteiger partial charge is 0.221 e. The number of aryl methyl sites for hydroxylation is 1. The number of aromatic nitrogens is 2. The Morgan fingerprint density at radius 1 is 1.47 bits per heavy atom. The highest BCUT2D eigenvalue weighted by Gasteiger charge is 2.30. The molecule has 82 valence electrons. The molecule has 0 unspecified atom stereocenters. The van der Waals surface area contributed by atoms with Crippen molar-refractivity contribution in [1.82, 2.24) is 9.97 Å². The fraction of sp³-hybridized carbons (Fsp3) is 0.636. The number of nitrogen functional groups attached to an aromatic ring is 1. The van der Waals surface area contributed by atoms with Gasteiger partial charge in [-0.3, -0.25) is 0 Å². The summed E-state index contributed by atoms with van der Waals surface area (Å²) in [5.74, 6) is 1.35. The van der Waals surface area contributed by atoms with Crippen LogP contribution in [0.25, 0.3) is 0 Å². The number of anilines is 2. The van der Waals surface area contributed by atoms with Gasteiger partial charge in [0.05, 0.1) is 0 Å². The number of nitrogens with two attached hydrogens (primary N) is 1. The molecule has 0 amide bonds. The lowest BCUT2D eigenvalue weighted by molar-refractivity contribution is 0.418.